The molecule has 2 rings (SSSR count). The first-order valence-corrected chi connectivity index (χ1v) is 5.21. The van der Waals surface area contributed by atoms with Gasteiger partial charge in [0.25, 0.3) is 5.91 Å². The molecule has 1 aromatic heterocycles. The lowest BCUT2D eigenvalue weighted by atomic mass is 10.2. The molecule has 1 heterocycles. The van der Waals surface area contributed by atoms with Gasteiger partial charge in [-0.1, -0.05) is 11.6 Å². The molecule has 17 heavy (non-hydrogen) atoms. The van der Waals surface area contributed by atoms with Gasteiger partial charge in [-0.25, -0.2) is 4.98 Å². The minimum Gasteiger partial charge on any atom is -0.399 e. The van der Waals surface area contributed by atoms with Crippen molar-refractivity contribution in [2.24, 2.45) is 0 Å². The number of amides is 1. The van der Waals surface area contributed by atoms with Crippen LogP contribution in [0.1, 0.15) is 16.2 Å². The van der Waals surface area contributed by atoms with Crippen molar-refractivity contribution in [3.05, 3.63) is 40.9 Å². The minimum absolute atomic E-state index is 0.268. The topological polar surface area (TPSA) is 96.7 Å². The van der Waals surface area contributed by atoms with E-state index < -0.39 is 0 Å². The van der Waals surface area contributed by atoms with Crippen LogP contribution < -0.4 is 11.1 Å². The molecular formula is C10H10ClN5O. The summed E-state index contributed by atoms with van der Waals surface area (Å²) in [6.45, 7) is 0.269. The van der Waals surface area contributed by atoms with Crippen molar-refractivity contribution in [3.8, 4) is 0 Å². The summed E-state index contributed by atoms with van der Waals surface area (Å²) in [4.78, 5) is 15.6. The van der Waals surface area contributed by atoms with Crippen LogP contribution in [-0.2, 0) is 6.54 Å². The highest BCUT2D eigenvalue weighted by molar-refractivity contribution is 6.31. The third-order valence-electron chi connectivity index (χ3n) is 2.06. The first kappa shape index (κ1) is 11.4. The zero-order chi connectivity index (χ0) is 12.3. The van der Waals surface area contributed by atoms with Gasteiger partial charge in [0.2, 0.25) is 0 Å². The van der Waals surface area contributed by atoms with Gasteiger partial charge in [0.1, 0.15) is 12.2 Å². The van der Waals surface area contributed by atoms with Gasteiger partial charge < -0.3 is 11.1 Å². The fourth-order valence-corrected chi connectivity index (χ4v) is 1.57. The Bertz CT molecular complexity index is 505. The molecule has 0 radical (unpaired) electrons. The maximum Gasteiger partial charge on any atom is 0.251 e. The van der Waals surface area contributed by atoms with Crippen LogP contribution >= 0.6 is 11.6 Å². The highest BCUT2D eigenvalue weighted by Gasteiger charge is 2.07. The predicted octanol–water partition coefficient (Wildman–Crippen LogP) is 0.970. The largest absolute Gasteiger partial charge is 0.399 e. The van der Waals surface area contributed by atoms with Gasteiger partial charge in [-0.2, -0.15) is 5.10 Å². The average molecular weight is 252 g/mol. The van der Waals surface area contributed by atoms with Crippen LogP contribution in [-0.4, -0.2) is 21.1 Å². The third-order valence-corrected chi connectivity index (χ3v) is 2.28. The highest BCUT2D eigenvalue weighted by Crippen LogP contribution is 2.16. The Kier molecular flexibility index (Phi) is 3.24. The molecule has 0 aliphatic carbocycles. The van der Waals surface area contributed by atoms with E-state index in [0.717, 1.165) is 0 Å². The molecule has 1 aromatic carbocycles. The van der Waals surface area contributed by atoms with Gasteiger partial charge in [-0.15, -0.1) is 0 Å². The van der Waals surface area contributed by atoms with Gasteiger partial charge in [0, 0.05) is 16.3 Å². The number of aromatic nitrogens is 3. The van der Waals surface area contributed by atoms with Crippen LogP contribution in [0.25, 0.3) is 0 Å². The van der Waals surface area contributed by atoms with Crippen LogP contribution in [0.15, 0.2) is 24.5 Å². The molecule has 0 spiro atoms. The summed E-state index contributed by atoms with van der Waals surface area (Å²) >= 11 is 5.81. The molecule has 0 bridgehead atoms. The second kappa shape index (κ2) is 4.84. The SMILES string of the molecule is Nc1cc(Cl)cc(C(=O)NCc2ncn[nH]2)c1. The van der Waals surface area contributed by atoms with Crippen molar-refractivity contribution in [1.82, 2.24) is 20.5 Å². The van der Waals surface area contributed by atoms with E-state index in [9.17, 15) is 4.79 Å². The van der Waals surface area contributed by atoms with Gasteiger partial charge in [-0.3, -0.25) is 9.89 Å². The molecule has 0 aliphatic heterocycles. The molecule has 0 unspecified atom stereocenters. The predicted molar refractivity (Wildman–Crippen MR) is 63.4 cm³/mol. The number of hydrogen-bond acceptors (Lipinski definition) is 4. The number of nitrogens with zero attached hydrogens (tertiary/aromatic N) is 2. The molecule has 0 saturated heterocycles. The number of benzene rings is 1. The molecule has 1 amide bonds. The number of halogens is 1. The van der Waals surface area contributed by atoms with E-state index in [0.29, 0.717) is 22.1 Å². The van der Waals surface area contributed by atoms with Crippen molar-refractivity contribution in [2.75, 3.05) is 5.73 Å². The lowest BCUT2D eigenvalue weighted by Gasteiger charge is -2.04. The minimum atomic E-state index is -0.268. The number of carbonyl (C=O) groups excluding carboxylic acids is 1. The van der Waals surface area contributed by atoms with E-state index in [2.05, 4.69) is 20.5 Å². The van der Waals surface area contributed by atoms with Crippen molar-refractivity contribution in [3.63, 3.8) is 0 Å². The second-order valence-electron chi connectivity index (χ2n) is 3.39. The van der Waals surface area contributed by atoms with Crippen LogP contribution in [0.3, 0.4) is 0 Å². The Morgan fingerprint density at radius 3 is 2.94 bits per heavy atom. The standard InChI is InChI=1S/C10H10ClN5O/c11-7-1-6(2-8(12)3-7)10(17)13-4-9-14-5-15-16-9/h1-3,5H,4,12H2,(H,13,17)(H,14,15,16). The number of anilines is 1. The van der Waals surface area contributed by atoms with E-state index in [1.807, 2.05) is 0 Å². The number of hydrogen-bond donors (Lipinski definition) is 3. The Morgan fingerprint density at radius 2 is 2.29 bits per heavy atom. The van der Waals surface area contributed by atoms with Crippen molar-refractivity contribution in [1.29, 1.82) is 0 Å². The first-order chi connectivity index (χ1) is 8.15. The Morgan fingerprint density at radius 1 is 1.47 bits per heavy atom. The number of carbonyl (C=O) groups is 1. The van der Waals surface area contributed by atoms with Crippen molar-refractivity contribution in [2.45, 2.75) is 6.54 Å². The van der Waals surface area contributed by atoms with Crippen LogP contribution in [0.2, 0.25) is 5.02 Å². The number of aromatic amines is 1. The molecular weight excluding hydrogens is 242 g/mol. The van der Waals surface area contributed by atoms with Gasteiger partial charge in [0.05, 0.1) is 6.54 Å². The lowest BCUT2D eigenvalue weighted by Crippen LogP contribution is -2.23. The molecule has 7 heteroatoms. The number of nitrogens with one attached hydrogen (secondary N) is 2. The fraction of sp³-hybridized carbons (Fsp3) is 0.100. The molecule has 6 nitrogen and oxygen atoms in total. The Labute approximate surface area is 102 Å². The highest BCUT2D eigenvalue weighted by atomic mass is 35.5. The van der Waals surface area contributed by atoms with Gasteiger partial charge >= 0.3 is 0 Å². The summed E-state index contributed by atoms with van der Waals surface area (Å²) in [5.41, 5.74) is 6.45. The van der Waals surface area contributed by atoms with E-state index in [4.69, 9.17) is 17.3 Å². The number of rotatable bonds is 3. The quantitative estimate of drug-likeness (QED) is 0.708. The molecule has 0 aliphatic rings. The van der Waals surface area contributed by atoms with Crippen molar-refractivity contribution >= 4 is 23.2 Å². The molecule has 0 saturated carbocycles. The fourth-order valence-electron chi connectivity index (χ4n) is 1.33. The molecule has 4 N–H and O–H groups in total. The maximum atomic E-state index is 11.8. The van der Waals surface area contributed by atoms with E-state index in [1.165, 1.54) is 6.33 Å². The lowest BCUT2D eigenvalue weighted by molar-refractivity contribution is 0.0950. The summed E-state index contributed by atoms with van der Waals surface area (Å²) in [5.74, 6) is 0.309. The van der Waals surface area contributed by atoms with E-state index in [-0.39, 0.29) is 12.5 Å². The molecule has 0 fully saturated rings. The van der Waals surface area contributed by atoms with Crippen molar-refractivity contribution < 1.29 is 4.79 Å². The summed E-state index contributed by atoms with van der Waals surface area (Å²) in [5, 5.41) is 9.41. The second-order valence-corrected chi connectivity index (χ2v) is 3.82. The Balaban J connectivity index is 2.04. The zero-order valence-electron chi connectivity index (χ0n) is 8.77. The number of H-pyrrole nitrogens is 1. The zero-order valence-corrected chi connectivity index (χ0v) is 9.53. The molecule has 88 valence electrons. The maximum absolute atomic E-state index is 11.8. The van der Waals surface area contributed by atoms with Gasteiger partial charge in [0.15, 0.2) is 0 Å². The monoisotopic (exact) mass is 251 g/mol. The van der Waals surface area contributed by atoms with Gasteiger partial charge in [-0.05, 0) is 18.2 Å². The number of nitrogen functional groups attached to an aromatic ring is 1. The number of nitrogens with two attached hydrogens (primary N) is 1. The smallest absolute Gasteiger partial charge is 0.251 e. The summed E-state index contributed by atoms with van der Waals surface area (Å²) < 4.78 is 0. The third kappa shape index (κ3) is 2.94. The van der Waals surface area contributed by atoms with E-state index in [1.54, 1.807) is 18.2 Å². The average Bonchev–Trinajstić information content (AvgIpc) is 2.77. The van der Waals surface area contributed by atoms with Crippen LogP contribution in [0.4, 0.5) is 5.69 Å². The Hall–Kier alpha value is -2.08. The van der Waals surface area contributed by atoms with Crippen LogP contribution in [0, 0.1) is 0 Å². The summed E-state index contributed by atoms with van der Waals surface area (Å²) in [6, 6.07) is 4.68. The van der Waals surface area contributed by atoms with E-state index >= 15 is 0 Å². The summed E-state index contributed by atoms with van der Waals surface area (Å²) in [6.07, 6.45) is 1.37. The summed E-state index contributed by atoms with van der Waals surface area (Å²) in [7, 11) is 0. The first-order valence-electron chi connectivity index (χ1n) is 4.83. The molecule has 2 aromatic rings. The normalized spacial score (nSPS) is 10.2. The van der Waals surface area contributed by atoms with Crippen LogP contribution in [0.5, 0.6) is 0 Å². The molecule has 0 atom stereocenters.